The van der Waals surface area contributed by atoms with Crippen LogP contribution < -0.4 is 15.4 Å². The Hall–Kier alpha value is -4.07. The van der Waals surface area contributed by atoms with E-state index < -0.39 is 11.0 Å². The number of hydrogen-bond donors (Lipinski definition) is 2. The van der Waals surface area contributed by atoms with Crippen LogP contribution in [0.1, 0.15) is 6.92 Å². The summed E-state index contributed by atoms with van der Waals surface area (Å²) in [6.45, 7) is 1.71. The van der Waals surface area contributed by atoms with Crippen molar-refractivity contribution in [1.29, 1.82) is 0 Å². The molecule has 30 heavy (non-hydrogen) atoms. The number of methoxy groups -OCH3 is 1. The second-order valence-electron chi connectivity index (χ2n) is 6.81. The highest BCUT2D eigenvalue weighted by atomic mass is 16.6. The number of ether oxygens (including phenoxy) is 1. The average molecular weight is 405 g/mol. The fourth-order valence-corrected chi connectivity index (χ4v) is 3.28. The molecule has 4 aromatic rings. The van der Waals surface area contributed by atoms with Crippen LogP contribution in [0.25, 0.3) is 21.9 Å². The standard InChI is InChI=1S/C22H19N3O5/c1-13(22(26)24-18-12-15(25(27)28)8-10-21(18)29-2)23-14-7-9-20-17(11-14)16-5-3-4-6-19(16)30-20/h3-13,23H,1-2H3,(H,24,26)/t13-/m1/s1. The van der Waals surface area contributed by atoms with Crippen LogP contribution in [-0.2, 0) is 4.79 Å². The van der Waals surface area contributed by atoms with Crippen LogP contribution in [0.15, 0.2) is 65.1 Å². The van der Waals surface area contributed by atoms with Crippen molar-refractivity contribution in [2.45, 2.75) is 13.0 Å². The molecule has 4 rings (SSSR count). The van der Waals surface area contributed by atoms with E-state index in [2.05, 4.69) is 10.6 Å². The molecule has 0 saturated carbocycles. The minimum absolute atomic E-state index is 0.135. The molecule has 0 saturated heterocycles. The smallest absolute Gasteiger partial charge is 0.271 e. The van der Waals surface area contributed by atoms with Crippen LogP contribution in [0.5, 0.6) is 5.75 Å². The quantitative estimate of drug-likeness (QED) is 0.347. The van der Waals surface area contributed by atoms with E-state index in [-0.39, 0.29) is 17.3 Å². The molecule has 0 bridgehead atoms. The summed E-state index contributed by atoms with van der Waals surface area (Å²) < 4.78 is 11.0. The van der Waals surface area contributed by atoms with Gasteiger partial charge in [-0.1, -0.05) is 18.2 Å². The Bertz CT molecular complexity index is 1260. The largest absolute Gasteiger partial charge is 0.495 e. The van der Waals surface area contributed by atoms with Gasteiger partial charge in [0.25, 0.3) is 5.69 Å². The summed E-state index contributed by atoms with van der Waals surface area (Å²) in [4.78, 5) is 23.2. The Morgan fingerprint density at radius 3 is 2.60 bits per heavy atom. The lowest BCUT2D eigenvalue weighted by Gasteiger charge is -2.16. The van der Waals surface area contributed by atoms with Crippen molar-refractivity contribution in [3.05, 3.63) is 70.8 Å². The second-order valence-corrected chi connectivity index (χ2v) is 6.81. The Morgan fingerprint density at radius 2 is 1.83 bits per heavy atom. The summed E-state index contributed by atoms with van der Waals surface area (Å²) in [5.41, 5.74) is 2.42. The minimum atomic E-state index is -0.607. The molecule has 0 aliphatic carbocycles. The van der Waals surface area contributed by atoms with Gasteiger partial charge < -0.3 is 19.8 Å². The molecule has 0 aliphatic heterocycles. The normalized spacial score (nSPS) is 11.9. The van der Waals surface area contributed by atoms with Gasteiger partial charge in [0.2, 0.25) is 5.91 Å². The third kappa shape index (κ3) is 3.62. The molecule has 0 unspecified atom stereocenters. The lowest BCUT2D eigenvalue weighted by atomic mass is 10.1. The molecule has 0 fully saturated rings. The van der Waals surface area contributed by atoms with E-state index >= 15 is 0 Å². The molecule has 1 amide bonds. The van der Waals surface area contributed by atoms with Crippen molar-refractivity contribution in [3.8, 4) is 5.75 Å². The van der Waals surface area contributed by atoms with Gasteiger partial charge in [0.05, 0.1) is 17.7 Å². The number of para-hydroxylation sites is 1. The maximum Gasteiger partial charge on any atom is 0.271 e. The summed E-state index contributed by atoms with van der Waals surface area (Å²) in [6.07, 6.45) is 0. The Balaban J connectivity index is 1.54. The van der Waals surface area contributed by atoms with Gasteiger partial charge >= 0.3 is 0 Å². The van der Waals surface area contributed by atoms with Gasteiger partial charge in [-0.3, -0.25) is 14.9 Å². The number of carbonyl (C=O) groups excluding carboxylic acids is 1. The molecular formula is C22H19N3O5. The predicted octanol–water partition coefficient (Wildman–Crippen LogP) is 4.94. The van der Waals surface area contributed by atoms with Crippen LogP contribution >= 0.6 is 0 Å². The van der Waals surface area contributed by atoms with E-state index in [9.17, 15) is 14.9 Å². The van der Waals surface area contributed by atoms with Crippen molar-refractivity contribution in [3.63, 3.8) is 0 Å². The van der Waals surface area contributed by atoms with E-state index in [1.54, 1.807) is 6.92 Å². The lowest BCUT2D eigenvalue weighted by molar-refractivity contribution is -0.384. The first-order valence-electron chi connectivity index (χ1n) is 9.27. The molecule has 8 nitrogen and oxygen atoms in total. The number of amides is 1. The first-order chi connectivity index (χ1) is 14.5. The average Bonchev–Trinajstić information content (AvgIpc) is 3.11. The van der Waals surface area contributed by atoms with Gasteiger partial charge in [-0.2, -0.15) is 0 Å². The van der Waals surface area contributed by atoms with Crippen molar-refractivity contribution in [2.75, 3.05) is 17.7 Å². The Kier molecular flexibility index (Phi) is 4.97. The molecule has 3 aromatic carbocycles. The Morgan fingerprint density at radius 1 is 1.07 bits per heavy atom. The number of rotatable bonds is 6. The number of non-ortho nitro benzene ring substituents is 1. The Labute approximate surface area is 171 Å². The molecule has 0 radical (unpaired) electrons. The zero-order valence-electron chi connectivity index (χ0n) is 16.3. The van der Waals surface area contributed by atoms with Crippen LogP contribution in [0.4, 0.5) is 17.1 Å². The number of hydrogen-bond acceptors (Lipinski definition) is 6. The molecule has 8 heteroatoms. The maximum absolute atomic E-state index is 12.7. The van der Waals surface area contributed by atoms with E-state index in [4.69, 9.17) is 9.15 Å². The van der Waals surface area contributed by atoms with E-state index in [0.29, 0.717) is 5.75 Å². The van der Waals surface area contributed by atoms with E-state index in [1.165, 1.54) is 25.3 Å². The van der Waals surface area contributed by atoms with Crippen molar-refractivity contribution >= 4 is 44.9 Å². The highest BCUT2D eigenvalue weighted by Gasteiger charge is 2.18. The van der Waals surface area contributed by atoms with Gasteiger partial charge in [0.1, 0.15) is 23.0 Å². The van der Waals surface area contributed by atoms with E-state index in [1.807, 2.05) is 42.5 Å². The summed E-state index contributed by atoms with van der Waals surface area (Å²) in [6, 6.07) is 16.8. The summed E-state index contributed by atoms with van der Waals surface area (Å²) in [7, 11) is 1.43. The zero-order valence-corrected chi connectivity index (χ0v) is 16.3. The van der Waals surface area contributed by atoms with Gasteiger partial charge in [-0.25, -0.2) is 0 Å². The minimum Gasteiger partial charge on any atom is -0.495 e. The number of anilines is 2. The molecule has 1 atom stereocenters. The fourth-order valence-electron chi connectivity index (χ4n) is 3.28. The number of nitrogens with zero attached hydrogens (tertiary/aromatic N) is 1. The molecule has 0 aliphatic rings. The van der Waals surface area contributed by atoms with Crippen molar-refractivity contribution in [1.82, 2.24) is 0 Å². The number of carbonyl (C=O) groups is 1. The highest BCUT2D eigenvalue weighted by molar-refractivity contribution is 6.06. The second kappa shape index (κ2) is 7.75. The number of nitro groups is 1. The molecule has 1 aromatic heterocycles. The topological polar surface area (TPSA) is 107 Å². The van der Waals surface area contributed by atoms with Crippen molar-refractivity contribution in [2.24, 2.45) is 0 Å². The highest BCUT2D eigenvalue weighted by Crippen LogP contribution is 2.31. The van der Waals surface area contributed by atoms with Gasteiger partial charge in [0.15, 0.2) is 0 Å². The van der Waals surface area contributed by atoms with Gasteiger partial charge in [0, 0.05) is 28.6 Å². The van der Waals surface area contributed by atoms with E-state index in [0.717, 1.165) is 27.6 Å². The van der Waals surface area contributed by atoms with Crippen LogP contribution in [0.2, 0.25) is 0 Å². The number of nitrogens with one attached hydrogen (secondary N) is 2. The number of nitro benzene ring substituents is 1. The SMILES string of the molecule is COc1ccc([N+](=O)[O-])cc1NC(=O)[C@@H](C)Nc1ccc2oc3ccccc3c2c1. The van der Waals surface area contributed by atoms with Crippen LogP contribution in [0.3, 0.4) is 0 Å². The van der Waals surface area contributed by atoms with Gasteiger partial charge in [-0.05, 0) is 37.3 Å². The first kappa shape index (κ1) is 19.3. The summed E-state index contributed by atoms with van der Waals surface area (Å²) in [5.74, 6) is -0.0154. The molecular weight excluding hydrogens is 386 g/mol. The maximum atomic E-state index is 12.7. The van der Waals surface area contributed by atoms with Crippen molar-refractivity contribution < 1.29 is 18.9 Å². The van der Waals surface area contributed by atoms with Crippen LogP contribution in [-0.4, -0.2) is 24.0 Å². The number of benzene rings is 3. The lowest BCUT2D eigenvalue weighted by Crippen LogP contribution is -2.32. The first-order valence-corrected chi connectivity index (χ1v) is 9.27. The fraction of sp³-hybridized carbons (Fsp3) is 0.136. The third-order valence-electron chi connectivity index (χ3n) is 4.80. The molecule has 152 valence electrons. The van der Waals surface area contributed by atoms with Crippen LogP contribution in [0, 0.1) is 10.1 Å². The van der Waals surface area contributed by atoms with Gasteiger partial charge in [-0.15, -0.1) is 0 Å². The molecule has 0 spiro atoms. The number of furan rings is 1. The summed E-state index contributed by atoms with van der Waals surface area (Å²) >= 11 is 0. The molecule has 1 heterocycles. The zero-order chi connectivity index (χ0) is 21.3. The number of fused-ring (bicyclic) bond motifs is 3. The third-order valence-corrected chi connectivity index (χ3v) is 4.80. The summed E-state index contributed by atoms with van der Waals surface area (Å²) in [5, 5.41) is 18.8. The monoisotopic (exact) mass is 405 g/mol. The molecule has 2 N–H and O–H groups in total. The predicted molar refractivity (Wildman–Crippen MR) is 115 cm³/mol.